The summed E-state index contributed by atoms with van der Waals surface area (Å²) in [5, 5.41) is 24.8. The highest BCUT2D eigenvalue weighted by Crippen LogP contribution is 2.31. The first kappa shape index (κ1) is 19.5. The van der Waals surface area contributed by atoms with Crippen LogP contribution in [0.5, 0.6) is 0 Å². The van der Waals surface area contributed by atoms with Crippen LogP contribution in [0.25, 0.3) is 0 Å². The van der Waals surface area contributed by atoms with Crippen LogP contribution in [-0.2, 0) is 11.3 Å². The molecule has 0 aromatic carbocycles. The molecule has 0 saturated heterocycles. The van der Waals surface area contributed by atoms with Crippen molar-refractivity contribution in [2.75, 3.05) is 16.4 Å². The Hall–Kier alpha value is -2.77. The predicted molar refractivity (Wildman–Crippen MR) is 112 cm³/mol. The number of carbonyl (C=O) groups is 1. The summed E-state index contributed by atoms with van der Waals surface area (Å²) in [6.45, 7) is 4.25. The van der Waals surface area contributed by atoms with E-state index in [-0.39, 0.29) is 11.7 Å². The summed E-state index contributed by atoms with van der Waals surface area (Å²) in [5.74, 6) is 1.24. The van der Waals surface area contributed by atoms with Gasteiger partial charge in [0.1, 0.15) is 17.6 Å². The van der Waals surface area contributed by atoms with Gasteiger partial charge in [-0.1, -0.05) is 23.1 Å². The van der Waals surface area contributed by atoms with Crippen molar-refractivity contribution in [1.82, 2.24) is 14.8 Å². The number of anilines is 2. The third-order valence-electron chi connectivity index (χ3n) is 4.73. The van der Waals surface area contributed by atoms with Crippen LogP contribution in [0, 0.1) is 25.2 Å². The molecule has 2 N–H and O–H groups in total. The third-order valence-corrected chi connectivity index (χ3v) is 6.72. The maximum atomic E-state index is 12.6. The van der Waals surface area contributed by atoms with Crippen molar-refractivity contribution in [1.29, 1.82) is 5.26 Å². The molecular weight excluding hydrogens is 408 g/mol. The lowest BCUT2D eigenvalue weighted by Gasteiger charge is -2.11. The number of aromatic nitrogens is 3. The highest BCUT2D eigenvalue weighted by molar-refractivity contribution is 8.01. The number of furan rings is 1. The monoisotopic (exact) mass is 428 g/mol. The summed E-state index contributed by atoms with van der Waals surface area (Å²) in [6, 6.07) is 6.41. The van der Waals surface area contributed by atoms with Crippen LogP contribution in [0.2, 0.25) is 0 Å². The lowest BCUT2D eigenvalue weighted by Crippen LogP contribution is -2.18. The highest BCUT2D eigenvalue weighted by atomic mass is 32.2. The summed E-state index contributed by atoms with van der Waals surface area (Å²) in [6.07, 6.45) is 3.94. The van der Waals surface area contributed by atoms with E-state index in [9.17, 15) is 10.1 Å². The zero-order valence-electron chi connectivity index (χ0n) is 16.1. The molecular formula is C19H20N6O2S2. The lowest BCUT2D eigenvalue weighted by atomic mass is 10.2. The van der Waals surface area contributed by atoms with Gasteiger partial charge in [0.15, 0.2) is 4.34 Å². The Balaban J connectivity index is 1.44. The van der Waals surface area contributed by atoms with Crippen molar-refractivity contribution in [3.05, 3.63) is 41.0 Å². The zero-order valence-corrected chi connectivity index (χ0v) is 17.7. The van der Waals surface area contributed by atoms with Gasteiger partial charge in [0, 0.05) is 11.7 Å². The molecule has 3 aromatic heterocycles. The quantitative estimate of drug-likeness (QED) is 0.526. The Kier molecular flexibility index (Phi) is 5.60. The second-order valence-corrected chi connectivity index (χ2v) is 9.04. The van der Waals surface area contributed by atoms with E-state index >= 15 is 0 Å². The van der Waals surface area contributed by atoms with E-state index < -0.39 is 0 Å². The molecule has 0 bridgehead atoms. The normalized spacial score (nSPS) is 13.3. The van der Waals surface area contributed by atoms with Crippen molar-refractivity contribution in [2.45, 2.75) is 43.6 Å². The maximum Gasteiger partial charge on any atom is 0.235 e. The SMILES string of the molecule is Cc1c(C#N)c(NC(=O)CSc2nnc(NC3CC3)s2)n(Cc2ccco2)c1C. The van der Waals surface area contributed by atoms with Gasteiger partial charge in [0.25, 0.3) is 0 Å². The summed E-state index contributed by atoms with van der Waals surface area (Å²) in [5.41, 5.74) is 2.24. The minimum Gasteiger partial charge on any atom is -0.467 e. The van der Waals surface area contributed by atoms with Gasteiger partial charge in [0.2, 0.25) is 11.0 Å². The molecule has 0 unspecified atom stereocenters. The summed E-state index contributed by atoms with van der Waals surface area (Å²) < 4.78 is 8.07. The van der Waals surface area contributed by atoms with Gasteiger partial charge in [-0.2, -0.15) is 5.26 Å². The fraction of sp³-hybridized carbons (Fsp3) is 0.368. The van der Waals surface area contributed by atoms with Gasteiger partial charge in [-0.3, -0.25) is 4.79 Å². The first-order valence-corrected chi connectivity index (χ1v) is 11.0. The Morgan fingerprint density at radius 3 is 2.97 bits per heavy atom. The van der Waals surface area contributed by atoms with Gasteiger partial charge in [-0.25, -0.2) is 0 Å². The molecule has 1 fully saturated rings. The number of hydrogen-bond donors (Lipinski definition) is 2. The molecule has 1 aliphatic carbocycles. The van der Waals surface area contributed by atoms with E-state index in [2.05, 4.69) is 26.9 Å². The smallest absolute Gasteiger partial charge is 0.235 e. The molecule has 3 heterocycles. The molecule has 1 amide bonds. The predicted octanol–water partition coefficient (Wildman–Crippen LogP) is 3.77. The first-order chi connectivity index (χ1) is 14.0. The van der Waals surface area contributed by atoms with E-state index in [0.29, 0.717) is 24.0 Å². The second kappa shape index (κ2) is 8.31. The minimum atomic E-state index is -0.198. The van der Waals surface area contributed by atoms with Crippen LogP contribution in [0.15, 0.2) is 27.2 Å². The van der Waals surface area contributed by atoms with E-state index in [1.807, 2.05) is 30.5 Å². The number of thioether (sulfide) groups is 1. The molecule has 3 aromatic rings. The van der Waals surface area contributed by atoms with Crippen LogP contribution < -0.4 is 10.6 Å². The molecule has 4 rings (SSSR count). The van der Waals surface area contributed by atoms with Crippen LogP contribution in [-0.4, -0.2) is 32.5 Å². The Labute approximate surface area is 176 Å². The molecule has 1 aliphatic rings. The highest BCUT2D eigenvalue weighted by Gasteiger charge is 2.23. The number of nitrogens with one attached hydrogen (secondary N) is 2. The minimum absolute atomic E-state index is 0.187. The van der Waals surface area contributed by atoms with Gasteiger partial charge >= 0.3 is 0 Å². The number of hydrogen-bond acceptors (Lipinski definition) is 8. The van der Waals surface area contributed by atoms with E-state index in [4.69, 9.17) is 4.42 Å². The van der Waals surface area contributed by atoms with Gasteiger partial charge in [0.05, 0.1) is 24.1 Å². The number of carbonyl (C=O) groups excluding carboxylic acids is 1. The maximum absolute atomic E-state index is 12.6. The first-order valence-electron chi connectivity index (χ1n) is 9.20. The fourth-order valence-corrected chi connectivity index (χ4v) is 4.54. The van der Waals surface area contributed by atoms with Gasteiger partial charge in [-0.15, -0.1) is 10.2 Å². The van der Waals surface area contributed by atoms with Crippen molar-refractivity contribution < 1.29 is 9.21 Å². The van der Waals surface area contributed by atoms with Crippen LogP contribution >= 0.6 is 23.1 Å². The average Bonchev–Trinajstić information content (AvgIpc) is 3.10. The summed E-state index contributed by atoms with van der Waals surface area (Å²) in [7, 11) is 0. The van der Waals surface area contributed by atoms with E-state index in [1.54, 1.807) is 6.26 Å². The standard InChI is InChI=1S/C19H20N6O2S2/c1-11-12(2)25(9-14-4-3-7-27-14)17(15(11)8-20)22-16(26)10-28-19-24-23-18(29-19)21-13-5-6-13/h3-4,7,13H,5-6,9-10H2,1-2H3,(H,21,23)(H,22,26). The van der Waals surface area contributed by atoms with Crippen LogP contribution in [0.3, 0.4) is 0 Å². The van der Waals surface area contributed by atoms with Crippen molar-refractivity contribution in [3.8, 4) is 6.07 Å². The van der Waals surface area contributed by atoms with Crippen molar-refractivity contribution in [3.63, 3.8) is 0 Å². The topological polar surface area (TPSA) is 109 Å². The van der Waals surface area contributed by atoms with E-state index in [1.165, 1.54) is 35.9 Å². The van der Waals surface area contributed by atoms with Crippen molar-refractivity contribution in [2.24, 2.45) is 0 Å². The third kappa shape index (κ3) is 4.46. The Morgan fingerprint density at radius 2 is 2.28 bits per heavy atom. The summed E-state index contributed by atoms with van der Waals surface area (Å²) >= 11 is 2.78. The molecule has 10 heteroatoms. The molecule has 0 atom stereocenters. The molecule has 8 nitrogen and oxygen atoms in total. The zero-order chi connectivity index (χ0) is 20.4. The second-order valence-electron chi connectivity index (χ2n) is 6.84. The molecule has 0 aliphatic heterocycles. The number of nitrogens with zero attached hydrogens (tertiary/aromatic N) is 4. The molecule has 150 valence electrons. The Morgan fingerprint density at radius 1 is 1.45 bits per heavy atom. The number of rotatable bonds is 8. The van der Waals surface area contributed by atoms with Gasteiger partial charge < -0.3 is 19.6 Å². The molecule has 0 spiro atoms. The van der Waals surface area contributed by atoms with E-state index in [0.717, 1.165) is 26.5 Å². The number of amides is 1. The number of nitriles is 1. The van der Waals surface area contributed by atoms with Crippen LogP contribution in [0.4, 0.5) is 10.9 Å². The largest absolute Gasteiger partial charge is 0.467 e. The molecule has 0 radical (unpaired) electrons. The molecule has 29 heavy (non-hydrogen) atoms. The fourth-order valence-electron chi connectivity index (χ4n) is 2.91. The molecule has 1 saturated carbocycles. The van der Waals surface area contributed by atoms with Gasteiger partial charge in [-0.05, 0) is 44.4 Å². The van der Waals surface area contributed by atoms with Crippen LogP contribution in [0.1, 0.15) is 35.4 Å². The summed E-state index contributed by atoms with van der Waals surface area (Å²) in [4.78, 5) is 12.6. The van der Waals surface area contributed by atoms with Crippen molar-refractivity contribution >= 4 is 40.0 Å². The lowest BCUT2D eigenvalue weighted by molar-refractivity contribution is -0.113. The average molecular weight is 429 g/mol. The Bertz CT molecular complexity index is 1060.